The summed E-state index contributed by atoms with van der Waals surface area (Å²) in [6, 6.07) is 9.07. The SMILES string of the molecule is Cc1c(CNCCN2CCOCC2)cn2ncnc(Oc3ccc(NC(=O)CC(=O)Nc4ccc(F)cc4)cc3F)c12. The van der Waals surface area contributed by atoms with Gasteiger partial charge in [0, 0.05) is 56.4 Å². The molecule has 2 aromatic heterocycles. The molecular weight excluding hydrogens is 548 g/mol. The van der Waals surface area contributed by atoms with E-state index in [4.69, 9.17) is 9.47 Å². The molecule has 0 aliphatic carbocycles. The van der Waals surface area contributed by atoms with Crippen LogP contribution in [0.25, 0.3) is 5.52 Å². The van der Waals surface area contributed by atoms with Gasteiger partial charge in [-0.25, -0.2) is 13.3 Å². The number of nitrogens with one attached hydrogen (secondary N) is 3. The fourth-order valence-corrected chi connectivity index (χ4v) is 4.57. The maximum Gasteiger partial charge on any atom is 0.247 e. The zero-order chi connectivity index (χ0) is 29.5. The van der Waals surface area contributed by atoms with Crippen molar-refractivity contribution in [3.8, 4) is 11.6 Å². The Kier molecular flexibility index (Phi) is 9.31. The number of hydrogen-bond acceptors (Lipinski definition) is 8. The molecular formula is C29H31F2N7O4. The maximum absolute atomic E-state index is 15.0. The van der Waals surface area contributed by atoms with E-state index in [1.807, 2.05) is 13.1 Å². The lowest BCUT2D eigenvalue weighted by Crippen LogP contribution is -2.40. The molecule has 3 heterocycles. The molecule has 1 fully saturated rings. The third kappa shape index (κ3) is 7.43. The summed E-state index contributed by atoms with van der Waals surface area (Å²) in [5, 5.41) is 12.7. The van der Waals surface area contributed by atoms with E-state index in [1.165, 1.54) is 42.7 Å². The number of benzene rings is 2. The van der Waals surface area contributed by atoms with E-state index in [2.05, 4.69) is 30.9 Å². The van der Waals surface area contributed by atoms with Crippen LogP contribution in [0.2, 0.25) is 0 Å². The number of amides is 2. The third-order valence-corrected chi connectivity index (χ3v) is 6.79. The highest BCUT2D eigenvalue weighted by Crippen LogP contribution is 2.31. The predicted molar refractivity (Wildman–Crippen MR) is 151 cm³/mol. The van der Waals surface area contributed by atoms with Crippen LogP contribution in [-0.4, -0.2) is 70.7 Å². The first-order valence-electron chi connectivity index (χ1n) is 13.5. The molecule has 220 valence electrons. The molecule has 0 unspecified atom stereocenters. The van der Waals surface area contributed by atoms with E-state index in [0.717, 1.165) is 56.6 Å². The molecule has 0 spiro atoms. The van der Waals surface area contributed by atoms with Gasteiger partial charge in [0.1, 0.15) is 24.1 Å². The van der Waals surface area contributed by atoms with Gasteiger partial charge in [0.25, 0.3) is 0 Å². The standard InChI is InChI=1S/C29H31F2N7O4/c1-19-20(16-32-8-9-37-10-12-41-13-11-37)17-38-28(19)29(33-18-34-38)42-25-7-6-23(14-24(25)31)36-27(40)15-26(39)35-22-4-2-21(30)3-5-22/h2-7,14,17-18,32H,8-13,15-16H2,1H3,(H,35,39)(H,36,40). The predicted octanol–water partition coefficient (Wildman–Crippen LogP) is 3.50. The van der Waals surface area contributed by atoms with Crippen molar-refractivity contribution in [1.29, 1.82) is 0 Å². The van der Waals surface area contributed by atoms with E-state index in [-0.39, 0.29) is 17.3 Å². The Hall–Kier alpha value is -4.46. The van der Waals surface area contributed by atoms with Gasteiger partial charge in [-0.3, -0.25) is 14.5 Å². The molecule has 1 saturated heterocycles. The maximum atomic E-state index is 15.0. The third-order valence-electron chi connectivity index (χ3n) is 6.79. The molecule has 3 N–H and O–H groups in total. The van der Waals surface area contributed by atoms with Gasteiger partial charge in [0.2, 0.25) is 17.7 Å². The quantitative estimate of drug-likeness (QED) is 0.182. The van der Waals surface area contributed by atoms with Crippen molar-refractivity contribution < 1.29 is 27.8 Å². The number of carbonyl (C=O) groups is 2. The van der Waals surface area contributed by atoms with Crippen molar-refractivity contribution in [3.63, 3.8) is 0 Å². The highest BCUT2D eigenvalue weighted by molar-refractivity contribution is 6.08. The van der Waals surface area contributed by atoms with Gasteiger partial charge >= 0.3 is 0 Å². The summed E-state index contributed by atoms with van der Waals surface area (Å²) in [6.07, 6.45) is 2.72. The van der Waals surface area contributed by atoms with Crippen LogP contribution in [0, 0.1) is 18.6 Å². The van der Waals surface area contributed by atoms with Gasteiger partial charge in [-0.15, -0.1) is 0 Å². The largest absolute Gasteiger partial charge is 0.434 e. The molecule has 42 heavy (non-hydrogen) atoms. The summed E-state index contributed by atoms with van der Waals surface area (Å²) in [5.74, 6) is -2.31. The van der Waals surface area contributed by atoms with Crippen molar-refractivity contribution in [2.45, 2.75) is 19.9 Å². The Bertz CT molecular complexity index is 1560. The van der Waals surface area contributed by atoms with Crippen LogP contribution in [0.15, 0.2) is 55.0 Å². The van der Waals surface area contributed by atoms with Gasteiger partial charge < -0.3 is 25.4 Å². The smallest absolute Gasteiger partial charge is 0.247 e. The number of anilines is 2. The van der Waals surface area contributed by atoms with Gasteiger partial charge in [0.05, 0.1) is 13.2 Å². The molecule has 2 amide bonds. The number of ether oxygens (including phenoxy) is 2. The fourth-order valence-electron chi connectivity index (χ4n) is 4.57. The van der Waals surface area contributed by atoms with Crippen LogP contribution >= 0.6 is 0 Å². The second-order valence-electron chi connectivity index (χ2n) is 9.80. The van der Waals surface area contributed by atoms with Crippen molar-refractivity contribution in [2.75, 3.05) is 50.0 Å². The molecule has 5 rings (SSSR count). The van der Waals surface area contributed by atoms with Crippen molar-refractivity contribution in [2.24, 2.45) is 0 Å². The second-order valence-corrected chi connectivity index (χ2v) is 9.80. The second kappa shape index (κ2) is 13.5. The van der Waals surface area contributed by atoms with Crippen LogP contribution in [-0.2, 0) is 20.9 Å². The molecule has 1 aliphatic rings. The van der Waals surface area contributed by atoms with E-state index < -0.39 is 29.9 Å². The van der Waals surface area contributed by atoms with Crippen molar-refractivity contribution >= 4 is 28.7 Å². The first-order chi connectivity index (χ1) is 20.4. The Morgan fingerprint density at radius 2 is 1.74 bits per heavy atom. The summed E-state index contributed by atoms with van der Waals surface area (Å²) in [6.45, 7) is 7.73. The number of carbonyl (C=O) groups excluding carboxylic acids is 2. The van der Waals surface area contributed by atoms with Crippen LogP contribution in [0.5, 0.6) is 11.6 Å². The molecule has 0 atom stereocenters. The average molecular weight is 580 g/mol. The van der Waals surface area contributed by atoms with Gasteiger partial charge in [0.15, 0.2) is 11.6 Å². The summed E-state index contributed by atoms with van der Waals surface area (Å²) in [7, 11) is 0. The highest BCUT2D eigenvalue weighted by atomic mass is 19.1. The zero-order valence-electron chi connectivity index (χ0n) is 23.0. The van der Waals surface area contributed by atoms with E-state index >= 15 is 0 Å². The summed E-state index contributed by atoms with van der Waals surface area (Å²) < 4.78 is 40.9. The Labute approximate surface area is 240 Å². The summed E-state index contributed by atoms with van der Waals surface area (Å²) >= 11 is 0. The van der Waals surface area contributed by atoms with Crippen LogP contribution in [0.4, 0.5) is 20.2 Å². The van der Waals surface area contributed by atoms with E-state index in [0.29, 0.717) is 17.7 Å². The van der Waals surface area contributed by atoms with Crippen LogP contribution in [0.1, 0.15) is 17.5 Å². The molecule has 0 radical (unpaired) electrons. The van der Waals surface area contributed by atoms with Gasteiger partial charge in [-0.2, -0.15) is 10.1 Å². The molecule has 1 aliphatic heterocycles. The average Bonchev–Trinajstić information content (AvgIpc) is 3.30. The number of fused-ring (bicyclic) bond motifs is 1. The number of halogens is 2. The Morgan fingerprint density at radius 3 is 2.48 bits per heavy atom. The Morgan fingerprint density at radius 1 is 1.02 bits per heavy atom. The summed E-state index contributed by atoms with van der Waals surface area (Å²) in [5.41, 5.74) is 3.05. The lowest BCUT2D eigenvalue weighted by atomic mass is 10.2. The molecule has 2 aromatic carbocycles. The summed E-state index contributed by atoms with van der Waals surface area (Å²) in [4.78, 5) is 31.0. The lowest BCUT2D eigenvalue weighted by molar-refractivity contribution is -0.123. The van der Waals surface area contributed by atoms with Crippen LogP contribution in [0.3, 0.4) is 0 Å². The number of rotatable bonds is 11. The Balaban J connectivity index is 1.18. The van der Waals surface area contributed by atoms with Crippen molar-refractivity contribution in [3.05, 3.63) is 77.8 Å². The topological polar surface area (TPSA) is 122 Å². The molecule has 13 heteroatoms. The van der Waals surface area contributed by atoms with Crippen molar-refractivity contribution in [1.82, 2.24) is 24.8 Å². The minimum absolute atomic E-state index is 0.0894. The normalized spacial score (nSPS) is 13.7. The monoisotopic (exact) mass is 579 g/mol. The molecule has 4 aromatic rings. The van der Waals surface area contributed by atoms with Crippen LogP contribution < -0.4 is 20.7 Å². The molecule has 0 saturated carbocycles. The lowest BCUT2D eigenvalue weighted by Gasteiger charge is -2.26. The first kappa shape index (κ1) is 29.0. The highest BCUT2D eigenvalue weighted by Gasteiger charge is 2.17. The fraction of sp³-hybridized carbons (Fsp3) is 0.310. The van der Waals surface area contributed by atoms with Gasteiger partial charge in [-0.1, -0.05) is 0 Å². The molecule has 0 bridgehead atoms. The molecule has 11 nitrogen and oxygen atoms in total. The minimum atomic E-state index is -0.727. The van der Waals surface area contributed by atoms with E-state index in [1.54, 1.807) is 4.52 Å². The number of aromatic nitrogens is 3. The first-order valence-corrected chi connectivity index (χ1v) is 13.5. The van der Waals surface area contributed by atoms with E-state index in [9.17, 15) is 18.4 Å². The number of hydrogen-bond donors (Lipinski definition) is 3. The number of morpholine rings is 1. The number of nitrogens with zero attached hydrogens (tertiary/aromatic N) is 4. The number of aryl methyl sites for hydroxylation is 1. The van der Waals surface area contributed by atoms with Gasteiger partial charge in [-0.05, 0) is 54.4 Å². The minimum Gasteiger partial charge on any atom is -0.434 e. The zero-order valence-corrected chi connectivity index (χ0v) is 23.0.